The Kier molecular flexibility index (Phi) is 6.06. The third kappa shape index (κ3) is 4.63. The Morgan fingerprint density at radius 3 is 2.63 bits per heavy atom. The Morgan fingerprint density at radius 1 is 1.19 bits per heavy atom. The van der Waals surface area contributed by atoms with E-state index in [0.29, 0.717) is 32.0 Å². The van der Waals surface area contributed by atoms with Crippen LogP contribution in [0.15, 0.2) is 58.6 Å². The monoisotopic (exact) mass is 422 g/mol. The number of carbonyl (C=O) groups excluding carboxylic acids is 1. The van der Waals surface area contributed by atoms with Crippen LogP contribution in [0.1, 0.15) is 16.1 Å². The van der Waals surface area contributed by atoms with E-state index in [-0.39, 0.29) is 12.4 Å². The summed E-state index contributed by atoms with van der Waals surface area (Å²) in [6, 6.07) is 9.90. The third-order valence-electron chi connectivity index (χ3n) is 3.45. The summed E-state index contributed by atoms with van der Waals surface area (Å²) in [5.74, 6) is -0.0179. The molecular formula is C19H13Cl3N2O3. The molecule has 1 amide bonds. The molecule has 0 bridgehead atoms. The molecule has 2 aromatic carbocycles. The fourth-order valence-electron chi connectivity index (χ4n) is 2.28. The quantitative estimate of drug-likeness (QED) is 0.313. The largest absolute Gasteiger partial charge is 0.486 e. The topological polar surface area (TPSA) is 63.8 Å². The lowest BCUT2D eigenvalue weighted by molar-refractivity contribution is 0.0929. The minimum Gasteiger partial charge on any atom is -0.486 e. The predicted octanol–water partition coefficient (Wildman–Crippen LogP) is 5.72. The van der Waals surface area contributed by atoms with Crippen molar-refractivity contribution in [3.8, 4) is 5.75 Å². The second kappa shape index (κ2) is 8.48. The predicted molar refractivity (Wildman–Crippen MR) is 108 cm³/mol. The lowest BCUT2D eigenvalue weighted by Crippen LogP contribution is -2.16. The molecule has 3 rings (SSSR count). The molecule has 8 heteroatoms. The number of nitrogens with one attached hydrogen (secondary N) is 1. The van der Waals surface area contributed by atoms with Crippen molar-refractivity contribution in [3.63, 3.8) is 0 Å². The smallest absolute Gasteiger partial charge is 0.307 e. The zero-order valence-electron chi connectivity index (χ0n) is 13.8. The number of nitrogens with zero attached hydrogens (tertiary/aromatic N) is 1. The summed E-state index contributed by atoms with van der Waals surface area (Å²) in [6.45, 7) is 3.85. The molecule has 0 radical (unpaired) electrons. The van der Waals surface area contributed by atoms with E-state index >= 15 is 0 Å². The van der Waals surface area contributed by atoms with Gasteiger partial charge in [-0.15, -0.1) is 0 Å². The molecule has 0 spiro atoms. The number of carbonyl (C=O) groups is 1. The van der Waals surface area contributed by atoms with Crippen LogP contribution in [0.5, 0.6) is 5.75 Å². The van der Waals surface area contributed by atoms with Crippen LogP contribution < -0.4 is 10.2 Å². The second-order valence-electron chi connectivity index (χ2n) is 5.41. The van der Waals surface area contributed by atoms with Crippen molar-refractivity contribution in [1.29, 1.82) is 0 Å². The van der Waals surface area contributed by atoms with Gasteiger partial charge in [0.15, 0.2) is 11.5 Å². The summed E-state index contributed by atoms with van der Waals surface area (Å²) in [5.41, 5.74) is 3.53. The van der Waals surface area contributed by atoms with E-state index in [0.717, 1.165) is 5.39 Å². The maximum atomic E-state index is 12.2. The van der Waals surface area contributed by atoms with Crippen molar-refractivity contribution in [2.75, 3.05) is 6.61 Å². The second-order valence-corrected chi connectivity index (χ2v) is 6.66. The molecule has 0 saturated carbocycles. The van der Waals surface area contributed by atoms with Gasteiger partial charge in [0.25, 0.3) is 0 Å². The summed E-state index contributed by atoms with van der Waals surface area (Å²) >= 11 is 18.2. The Hall–Kier alpha value is -2.47. The molecule has 5 nitrogen and oxygen atoms in total. The van der Waals surface area contributed by atoms with Gasteiger partial charge in [0.2, 0.25) is 0 Å². The van der Waals surface area contributed by atoms with Gasteiger partial charge in [0, 0.05) is 10.4 Å². The Bertz CT molecular complexity index is 1020. The van der Waals surface area contributed by atoms with Gasteiger partial charge in [0.1, 0.15) is 12.2 Å². The van der Waals surface area contributed by atoms with Crippen LogP contribution in [-0.2, 0) is 0 Å². The molecule has 3 aromatic rings. The number of hydrogen-bond acceptors (Lipinski definition) is 4. The average Bonchev–Trinajstić information content (AvgIpc) is 3.04. The number of halogens is 3. The molecule has 1 heterocycles. The van der Waals surface area contributed by atoms with Crippen LogP contribution >= 0.6 is 34.8 Å². The molecule has 0 aliphatic heterocycles. The standard InChI is InChI=1S/C19H13Cl3N2O3/c1-2-5-26-18-14(21)6-11(7-15(18)22)10-23-24-19(25)17-9-12-8-13(20)3-4-16(12)27-17/h2-4,6-10H,1,5H2,(H,24,25)/b23-10+. The molecule has 0 aliphatic carbocycles. The maximum Gasteiger partial charge on any atom is 0.307 e. The van der Waals surface area contributed by atoms with E-state index in [1.807, 2.05) is 0 Å². The van der Waals surface area contributed by atoms with Crippen molar-refractivity contribution in [2.24, 2.45) is 5.10 Å². The van der Waals surface area contributed by atoms with Crippen LogP contribution in [0.2, 0.25) is 15.1 Å². The molecule has 0 saturated heterocycles. The van der Waals surface area contributed by atoms with Gasteiger partial charge in [-0.3, -0.25) is 4.79 Å². The van der Waals surface area contributed by atoms with Crippen LogP contribution in [-0.4, -0.2) is 18.7 Å². The summed E-state index contributed by atoms with van der Waals surface area (Å²) in [7, 11) is 0. The van der Waals surface area contributed by atoms with Gasteiger partial charge in [-0.05, 0) is 42.0 Å². The Morgan fingerprint density at radius 2 is 1.93 bits per heavy atom. The Labute approximate surface area is 170 Å². The highest BCUT2D eigenvalue weighted by molar-refractivity contribution is 6.37. The highest BCUT2D eigenvalue weighted by atomic mass is 35.5. The first kappa shape index (κ1) is 19.3. The number of hydrazone groups is 1. The maximum absolute atomic E-state index is 12.2. The minimum atomic E-state index is -0.498. The van der Waals surface area contributed by atoms with Gasteiger partial charge in [-0.2, -0.15) is 5.10 Å². The van der Waals surface area contributed by atoms with Gasteiger partial charge in [0.05, 0.1) is 16.3 Å². The van der Waals surface area contributed by atoms with E-state index in [1.54, 1.807) is 42.5 Å². The highest BCUT2D eigenvalue weighted by Crippen LogP contribution is 2.33. The molecule has 0 unspecified atom stereocenters. The molecular weight excluding hydrogens is 411 g/mol. The molecule has 138 valence electrons. The first-order chi connectivity index (χ1) is 13.0. The van der Waals surface area contributed by atoms with Crippen molar-refractivity contribution in [2.45, 2.75) is 0 Å². The number of amides is 1. The first-order valence-corrected chi connectivity index (χ1v) is 8.86. The van der Waals surface area contributed by atoms with Crippen molar-refractivity contribution in [1.82, 2.24) is 5.43 Å². The van der Waals surface area contributed by atoms with E-state index in [4.69, 9.17) is 44.0 Å². The Balaban J connectivity index is 1.70. The zero-order chi connectivity index (χ0) is 19.4. The van der Waals surface area contributed by atoms with Crippen molar-refractivity contribution >= 4 is 57.9 Å². The SMILES string of the molecule is C=CCOc1c(Cl)cc(/C=N/NC(=O)c2cc3cc(Cl)ccc3o2)cc1Cl. The lowest BCUT2D eigenvalue weighted by atomic mass is 10.2. The van der Waals surface area contributed by atoms with Crippen molar-refractivity contribution < 1.29 is 13.9 Å². The summed E-state index contributed by atoms with van der Waals surface area (Å²) in [5, 5.41) is 5.83. The molecule has 0 aliphatic rings. The summed E-state index contributed by atoms with van der Waals surface area (Å²) in [4.78, 5) is 12.2. The number of rotatable bonds is 6. The fraction of sp³-hybridized carbons (Fsp3) is 0.0526. The average molecular weight is 424 g/mol. The van der Waals surface area contributed by atoms with Gasteiger partial charge >= 0.3 is 5.91 Å². The van der Waals surface area contributed by atoms with Gasteiger partial charge < -0.3 is 9.15 Å². The van der Waals surface area contributed by atoms with Crippen molar-refractivity contribution in [3.05, 3.63) is 75.4 Å². The third-order valence-corrected chi connectivity index (χ3v) is 4.24. The van der Waals surface area contributed by atoms with Gasteiger partial charge in [-0.1, -0.05) is 47.5 Å². The van der Waals surface area contributed by atoms with E-state index in [9.17, 15) is 4.79 Å². The highest BCUT2D eigenvalue weighted by Gasteiger charge is 2.12. The van der Waals surface area contributed by atoms with Crippen LogP contribution in [0.25, 0.3) is 11.0 Å². The summed E-state index contributed by atoms with van der Waals surface area (Å²) < 4.78 is 10.9. The number of furan rings is 1. The molecule has 0 atom stereocenters. The first-order valence-electron chi connectivity index (χ1n) is 7.73. The number of ether oxygens (including phenoxy) is 1. The number of fused-ring (bicyclic) bond motifs is 1. The van der Waals surface area contributed by atoms with E-state index in [2.05, 4.69) is 17.1 Å². The number of hydrogen-bond donors (Lipinski definition) is 1. The molecule has 27 heavy (non-hydrogen) atoms. The molecule has 0 fully saturated rings. The molecule has 1 N–H and O–H groups in total. The molecule has 1 aromatic heterocycles. The van der Waals surface area contributed by atoms with E-state index < -0.39 is 5.91 Å². The van der Waals surface area contributed by atoms with Gasteiger partial charge in [-0.25, -0.2) is 5.43 Å². The normalized spacial score (nSPS) is 11.1. The lowest BCUT2D eigenvalue weighted by Gasteiger charge is -2.08. The van der Waals surface area contributed by atoms with Crippen LogP contribution in [0, 0.1) is 0 Å². The number of benzene rings is 2. The fourth-order valence-corrected chi connectivity index (χ4v) is 3.07. The zero-order valence-corrected chi connectivity index (χ0v) is 16.1. The van der Waals surface area contributed by atoms with E-state index in [1.165, 1.54) is 6.21 Å². The summed E-state index contributed by atoms with van der Waals surface area (Å²) in [6.07, 6.45) is 3.00. The minimum absolute atomic E-state index is 0.119. The van der Waals surface area contributed by atoms with Crippen LogP contribution in [0.3, 0.4) is 0 Å². The van der Waals surface area contributed by atoms with Crippen LogP contribution in [0.4, 0.5) is 0 Å².